The van der Waals surface area contributed by atoms with E-state index in [2.05, 4.69) is 67.3 Å². The number of nitrogens with zero attached hydrogens (tertiary/aromatic N) is 2. The first-order valence-corrected chi connectivity index (χ1v) is 8.06. The van der Waals surface area contributed by atoms with Gasteiger partial charge in [-0.25, -0.2) is 0 Å². The zero-order valence-corrected chi connectivity index (χ0v) is 13.2. The number of para-hydroxylation sites is 1. The van der Waals surface area contributed by atoms with Crippen LogP contribution >= 0.6 is 0 Å². The first-order valence-electron chi connectivity index (χ1n) is 8.06. The molecule has 0 bridgehead atoms. The molecule has 1 aliphatic heterocycles. The van der Waals surface area contributed by atoms with E-state index in [9.17, 15) is 0 Å². The first kappa shape index (κ1) is 14.2. The Morgan fingerprint density at radius 3 is 2.95 bits per heavy atom. The molecule has 21 heavy (non-hydrogen) atoms. The van der Waals surface area contributed by atoms with Gasteiger partial charge in [-0.3, -0.25) is 4.68 Å². The van der Waals surface area contributed by atoms with Gasteiger partial charge in [-0.2, -0.15) is 5.10 Å². The number of anilines is 1. The van der Waals surface area contributed by atoms with Crippen molar-refractivity contribution >= 4 is 5.69 Å². The molecule has 1 aliphatic rings. The summed E-state index contributed by atoms with van der Waals surface area (Å²) in [6.45, 7) is 6.75. The number of fused-ring (bicyclic) bond motifs is 1. The Balaban J connectivity index is 1.72. The van der Waals surface area contributed by atoms with E-state index in [1.165, 1.54) is 16.9 Å². The van der Waals surface area contributed by atoms with Gasteiger partial charge in [0.25, 0.3) is 0 Å². The fraction of sp³-hybridized carbons (Fsp3) is 0.500. The zero-order valence-electron chi connectivity index (χ0n) is 13.2. The van der Waals surface area contributed by atoms with Crippen molar-refractivity contribution in [1.29, 1.82) is 0 Å². The van der Waals surface area contributed by atoms with Crippen LogP contribution < -0.4 is 5.32 Å². The van der Waals surface area contributed by atoms with E-state index in [0.29, 0.717) is 18.0 Å². The molecular weight excluding hydrogens is 258 g/mol. The van der Waals surface area contributed by atoms with Gasteiger partial charge < -0.3 is 5.32 Å². The Kier molecular flexibility index (Phi) is 4.00. The fourth-order valence-corrected chi connectivity index (χ4v) is 3.07. The highest BCUT2D eigenvalue weighted by molar-refractivity contribution is 5.54. The average Bonchev–Trinajstić information content (AvgIpc) is 2.96. The van der Waals surface area contributed by atoms with Gasteiger partial charge in [0.05, 0.1) is 5.69 Å². The van der Waals surface area contributed by atoms with Crippen LogP contribution in [0.25, 0.3) is 0 Å². The van der Waals surface area contributed by atoms with Gasteiger partial charge in [0, 0.05) is 30.4 Å². The molecule has 1 aromatic heterocycles. The summed E-state index contributed by atoms with van der Waals surface area (Å²) in [6.07, 6.45) is 5.39. The van der Waals surface area contributed by atoms with Crippen molar-refractivity contribution in [3.63, 3.8) is 0 Å². The summed E-state index contributed by atoms with van der Waals surface area (Å²) in [5, 5.41) is 8.44. The van der Waals surface area contributed by atoms with E-state index in [1.807, 2.05) is 0 Å². The van der Waals surface area contributed by atoms with Crippen LogP contribution in [0.2, 0.25) is 0 Å². The third-order valence-corrected chi connectivity index (χ3v) is 4.72. The van der Waals surface area contributed by atoms with Crippen LogP contribution in [0.5, 0.6) is 0 Å². The molecule has 2 aromatic rings. The molecule has 0 fully saturated rings. The van der Waals surface area contributed by atoms with E-state index < -0.39 is 0 Å². The quantitative estimate of drug-likeness (QED) is 0.916. The molecule has 2 heterocycles. The second-order valence-electron chi connectivity index (χ2n) is 6.34. The van der Waals surface area contributed by atoms with Crippen LogP contribution in [0.3, 0.4) is 0 Å². The summed E-state index contributed by atoms with van der Waals surface area (Å²) < 4.78 is 2.09. The summed E-state index contributed by atoms with van der Waals surface area (Å²) in [7, 11) is 0. The molecule has 3 heteroatoms. The number of aromatic nitrogens is 2. The molecule has 3 rings (SSSR count). The van der Waals surface area contributed by atoms with Crippen LogP contribution in [-0.2, 0) is 12.8 Å². The average molecular weight is 283 g/mol. The van der Waals surface area contributed by atoms with Crippen molar-refractivity contribution in [2.45, 2.75) is 52.1 Å². The highest BCUT2D eigenvalue weighted by Gasteiger charge is 2.25. The molecule has 0 amide bonds. The Morgan fingerprint density at radius 1 is 1.33 bits per heavy atom. The van der Waals surface area contributed by atoms with Crippen molar-refractivity contribution in [2.75, 3.05) is 5.32 Å². The number of benzene rings is 1. The largest absolute Gasteiger partial charge is 0.381 e. The predicted molar refractivity (Wildman–Crippen MR) is 87.7 cm³/mol. The Hall–Kier alpha value is -1.77. The summed E-state index contributed by atoms with van der Waals surface area (Å²) in [5.74, 6) is 0.633. The van der Waals surface area contributed by atoms with Gasteiger partial charge in [0.1, 0.15) is 0 Å². The lowest BCUT2D eigenvalue weighted by Crippen LogP contribution is -2.35. The van der Waals surface area contributed by atoms with Gasteiger partial charge >= 0.3 is 0 Å². The zero-order chi connectivity index (χ0) is 14.8. The van der Waals surface area contributed by atoms with E-state index in [0.717, 1.165) is 19.3 Å². The second-order valence-corrected chi connectivity index (χ2v) is 6.34. The lowest BCUT2D eigenvalue weighted by Gasteiger charge is -2.32. The normalized spacial score (nSPS) is 22.4. The Morgan fingerprint density at radius 2 is 2.14 bits per heavy atom. The summed E-state index contributed by atoms with van der Waals surface area (Å²) in [5.41, 5.74) is 3.92. The lowest BCUT2D eigenvalue weighted by molar-refractivity contribution is 0.445. The predicted octanol–water partition coefficient (Wildman–Crippen LogP) is 4.07. The second kappa shape index (κ2) is 5.92. The van der Waals surface area contributed by atoms with Gasteiger partial charge in [0.2, 0.25) is 0 Å². The summed E-state index contributed by atoms with van der Waals surface area (Å²) in [6, 6.07) is 11.8. The van der Waals surface area contributed by atoms with Crippen molar-refractivity contribution in [1.82, 2.24) is 9.78 Å². The van der Waals surface area contributed by atoms with Gasteiger partial charge in [-0.1, -0.05) is 32.0 Å². The minimum atomic E-state index is 0.472. The summed E-state index contributed by atoms with van der Waals surface area (Å²) >= 11 is 0. The maximum atomic E-state index is 4.74. The Labute approximate surface area is 127 Å². The van der Waals surface area contributed by atoms with E-state index in [1.54, 1.807) is 0 Å². The minimum Gasteiger partial charge on any atom is -0.381 e. The molecule has 3 atom stereocenters. The van der Waals surface area contributed by atoms with E-state index >= 15 is 0 Å². The molecule has 1 aromatic carbocycles. The monoisotopic (exact) mass is 283 g/mol. The van der Waals surface area contributed by atoms with E-state index in [-0.39, 0.29) is 0 Å². The number of hydrogen-bond acceptors (Lipinski definition) is 2. The fourth-order valence-electron chi connectivity index (χ4n) is 3.07. The smallest absolute Gasteiger partial charge is 0.0645 e. The van der Waals surface area contributed by atoms with Crippen LogP contribution in [0.1, 0.15) is 44.5 Å². The van der Waals surface area contributed by atoms with Crippen LogP contribution in [-0.4, -0.2) is 15.8 Å². The molecule has 0 spiro atoms. The number of rotatable bonds is 4. The molecule has 1 N–H and O–H groups in total. The van der Waals surface area contributed by atoms with Crippen molar-refractivity contribution < 1.29 is 0 Å². The van der Waals surface area contributed by atoms with Crippen LogP contribution in [0.4, 0.5) is 5.69 Å². The van der Waals surface area contributed by atoms with Gasteiger partial charge in [-0.15, -0.1) is 0 Å². The molecule has 0 radical (unpaired) electrons. The lowest BCUT2D eigenvalue weighted by atomic mass is 9.86. The summed E-state index contributed by atoms with van der Waals surface area (Å²) in [4.78, 5) is 0. The van der Waals surface area contributed by atoms with Crippen LogP contribution in [0.15, 0.2) is 36.5 Å². The highest BCUT2D eigenvalue weighted by Crippen LogP contribution is 2.29. The van der Waals surface area contributed by atoms with E-state index in [4.69, 9.17) is 5.10 Å². The molecule has 0 saturated carbocycles. The maximum Gasteiger partial charge on any atom is 0.0645 e. The van der Waals surface area contributed by atoms with Gasteiger partial charge in [0.15, 0.2) is 0 Å². The first-order chi connectivity index (χ1) is 10.2. The molecule has 3 nitrogen and oxygen atoms in total. The van der Waals surface area contributed by atoms with Crippen molar-refractivity contribution in [3.8, 4) is 0 Å². The van der Waals surface area contributed by atoms with Crippen LogP contribution in [0, 0.1) is 5.92 Å². The number of hydrogen-bond donors (Lipinski definition) is 1. The topological polar surface area (TPSA) is 29.9 Å². The highest BCUT2D eigenvalue weighted by atomic mass is 15.3. The van der Waals surface area contributed by atoms with Crippen molar-refractivity contribution in [2.24, 2.45) is 5.92 Å². The van der Waals surface area contributed by atoms with Crippen molar-refractivity contribution in [3.05, 3.63) is 47.8 Å². The molecule has 0 saturated heterocycles. The molecule has 112 valence electrons. The standard InChI is InChI=1S/C18H25N3/c1-4-14(3)21-10-9-16(20-21)12-18-13(2)11-15-7-5-6-8-17(15)19-18/h5-10,13-14,18-19H,4,11-12H2,1-3H3. The maximum absolute atomic E-state index is 4.74. The Bertz CT molecular complexity index is 602. The minimum absolute atomic E-state index is 0.472. The molecular formula is C18H25N3. The molecule has 0 aliphatic carbocycles. The van der Waals surface area contributed by atoms with Gasteiger partial charge in [-0.05, 0) is 43.4 Å². The number of nitrogens with one attached hydrogen (secondary N) is 1. The third-order valence-electron chi connectivity index (χ3n) is 4.72. The molecule has 3 unspecified atom stereocenters. The SMILES string of the molecule is CCC(C)n1ccc(CC2Nc3ccccc3CC2C)n1. The third kappa shape index (κ3) is 2.97.